The zero-order chi connectivity index (χ0) is 14.9. The number of unbranched alkanes of at least 4 members (excludes halogenated alkanes) is 14. The third-order valence-corrected chi connectivity index (χ3v) is 3.98. The summed E-state index contributed by atoms with van der Waals surface area (Å²) >= 11 is 0. The average molecular weight is 450 g/mol. The maximum absolute atomic E-state index is 10.2. The van der Waals surface area contributed by atoms with Crippen LogP contribution >= 0.6 is 0 Å². The van der Waals surface area contributed by atoms with Crippen molar-refractivity contribution in [2.24, 2.45) is 0 Å². The third-order valence-electron chi connectivity index (χ3n) is 3.98. The molecule has 0 bridgehead atoms. The number of carbonyl (C=O) groups is 1. The zero-order valence-electron chi connectivity index (χ0n) is 15.4. The molecule has 0 N–H and O–H groups in total. The molecule has 0 saturated heterocycles. The second kappa shape index (κ2) is 27.8. The van der Waals surface area contributed by atoms with Crippen LogP contribution in [0.4, 0.5) is 0 Å². The van der Waals surface area contributed by atoms with E-state index in [-0.39, 0.29) is 57.8 Å². The van der Waals surface area contributed by atoms with E-state index >= 15 is 0 Å². The van der Waals surface area contributed by atoms with Gasteiger partial charge in [-0.1, -0.05) is 96.8 Å². The molecule has 0 aromatic rings. The van der Waals surface area contributed by atoms with E-state index in [9.17, 15) is 9.90 Å². The number of carboxylic acid groups (broad SMARTS) is 1. The van der Waals surface area contributed by atoms with Gasteiger partial charge in [-0.05, 0) is 12.8 Å². The standard InChI is InChI=1S/C18H36O2.ClH.2Zn/c1-2-3-4-5-6-7-8-9-10-11-12-13-14-15-16-17-18(19)20;;;/h2-17H2,1H3,(H,19,20);1H;;/q;;2*+2/p-2. The number of carbonyl (C=O) groups excluding carboxylic acids is 1. The van der Waals surface area contributed by atoms with Gasteiger partial charge in [-0.15, -0.1) is 0 Å². The summed E-state index contributed by atoms with van der Waals surface area (Å²) in [4.78, 5) is 10.2. The average Bonchev–Trinajstić information content (AvgIpc) is 2.43. The Morgan fingerprint density at radius 2 is 0.870 bits per heavy atom. The minimum atomic E-state index is -0.903. The summed E-state index contributed by atoms with van der Waals surface area (Å²) in [7, 11) is 0. The number of carboxylic acids is 1. The Labute approximate surface area is 176 Å². The van der Waals surface area contributed by atoms with Gasteiger partial charge in [0.15, 0.2) is 0 Å². The van der Waals surface area contributed by atoms with Crippen molar-refractivity contribution in [3.05, 3.63) is 0 Å². The quantitative estimate of drug-likeness (QED) is 0.267. The van der Waals surface area contributed by atoms with Crippen molar-refractivity contribution in [3.63, 3.8) is 0 Å². The van der Waals surface area contributed by atoms with E-state index in [1.807, 2.05) is 0 Å². The Morgan fingerprint density at radius 3 is 1.13 bits per heavy atom. The molecule has 0 fully saturated rings. The van der Waals surface area contributed by atoms with Gasteiger partial charge in [0, 0.05) is 5.97 Å². The molecular formula is C18H35ClO2Zn2+2. The van der Waals surface area contributed by atoms with Crippen LogP contribution in [-0.2, 0) is 43.8 Å². The van der Waals surface area contributed by atoms with Gasteiger partial charge < -0.3 is 22.3 Å². The maximum Gasteiger partial charge on any atom is 2.00 e. The van der Waals surface area contributed by atoms with Gasteiger partial charge in [0.2, 0.25) is 0 Å². The van der Waals surface area contributed by atoms with Gasteiger partial charge in [0.1, 0.15) is 0 Å². The van der Waals surface area contributed by atoms with Crippen LogP contribution < -0.4 is 17.5 Å². The Morgan fingerprint density at radius 1 is 0.609 bits per heavy atom. The summed E-state index contributed by atoms with van der Waals surface area (Å²) in [6.45, 7) is 2.27. The van der Waals surface area contributed by atoms with E-state index in [0.717, 1.165) is 12.8 Å². The van der Waals surface area contributed by atoms with Crippen LogP contribution in [0.2, 0.25) is 0 Å². The molecule has 23 heavy (non-hydrogen) atoms. The number of hydrogen-bond acceptors (Lipinski definition) is 2. The Bertz CT molecular complexity index is 217. The van der Waals surface area contributed by atoms with E-state index in [4.69, 9.17) is 0 Å². The first-order valence-electron chi connectivity index (χ1n) is 8.97. The maximum atomic E-state index is 10.2. The van der Waals surface area contributed by atoms with Crippen LogP contribution in [0.1, 0.15) is 110 Å². The first-order chi connectivity index (χ1) is 9.77. The molecule has 0 radical (unpaired) electrons. The molecule has 0 aliphatic heterocycles. The third kappa shape index (κ3) is 31.3. The topological polar surface area (TPSA) is 40.1 Å². The molecule has 0 aromatic carbocycles. The molecule has 0 heterocycles. The molecule has 0 unspecified atom stereocenters. The largest absolute Gasteiger partial charge is 2.00 e. The summed E-state index contributed by atoms with van der Waals surface area (Å²) in [5.74, 6) is -0.903. The molecule has 0 amide bonds. The minimum absolute atomic E-state index is 0. The van der Waals surface area contributed by atoms with Gasteiger partial charge in [-0.2, -0.15) is 0 Å². The molecular weight excluding hydrogens is 414 g/mol. The Kier molecular flexibility index (Phi) is 38.4. The summed E-state index contributed by atoms with van der Waals surface area (Å²) in [5, 5.41) is 10.2. The van der Waals surface area contributed by atoms with Crippen molar-refractivity contribution in [3.8, 4) is 0 Å². The van der Waals surface area contributed by atoms with Crippen molar-refractivity contribution in [1.29, 1.82) is 0 Å². The molecule has 2 nitrogen and oxygen atoms in total. The van der Waals surface area contributed by atoms with Crippen LogP contribution in [0.5, 0.6) is 0 Å². The summed E-state index contributed by atoms with van der Waals surface area (Å²) in [6, 6.07) is 0. The monoisotopic (exact) mass is 446 g/mol. The van der Waals surface area contributed by atoms with Crippen LogP contribution in [0.3, 0.4) is 0 Å². The van der Waals surface area contributed by atoms with Crippen LogP contribution in [0, 0.1) is 0 Å². The molecule has 128 valence electrons. The van der Waals surface area contributed by atoms with Crippen molar-refractivity contribution >= 4 is 5.97 Å². The number of rotatable bonds is 16. The van der Waals surface area contributed by atoms with Gasteiger partial charge in [-0.3, -0.25) is 0 Å². The van der Waals surface area contributed by atoms with Gasteiger partial charge >= 0.3 is 39.0 Å². The molecule has 0 rings (SSSR count). The number of hydrogen-bond donors (Lipinski definition) is 0. The van der Waals surface area contributed by atoms with E-state index in [1.54, 1.807) is 0 Å². The fourth-order valence-corrected chi connectivity index (χ4v) is 2.64. The van der Waals surface area contributed by atoms with E-state index in [0.29, 0.717) is 0 Å². The first-order valence-corrected chi connectivity index (χ1v) is 8.97. The van der Waals surface area contributed by atoms with Crippen molar-refractivity contribution in [2.75, 3.05) is 0 Å². The van der Waals surface area contributed by atoms with Crippen molar-refractivity contribution < 1.29 is 61.3 Å². The summed E-state index contributed by atoms with van der Waals surface area (Å²) in [5.41, 5.74) is 0. The molecule has 0 atom stereocenters. The normalized spacial score (nSPS) is 9.43. The Hall–Kier alpha value is 1.01. The van der Waals surface area contributed by atoms with Crippen LogP contribution in [0.25, 0.3) is 0 Å². The first kappa shape index (κ1) is 31.7. The van der Waals surface area contributed by atoms with Gasteiger partial charge in [0.25, 0.3) is 0 Å². The fraction of sp³-hybridized carbons (Fsp3) is 0.944. The molecule has 0 aliphatic carbocycles. The van der Waals surface area contributed by atoms with Crippen molar-refractivity contribution in [2.45, 2.75) is 110 Å². The second-order valence-electron chi connectivity index (χ2n) is 6.07. The molecule has 0 spiro atoms. The smallest absolute Gasteiger partial charge is 1.00 e. The van der Waals surface area contributed by atoms with Gasteiger partial charge in [0.05, 0.1) is 0 Å². The predicted octanol–water partition coefficient (Wildman–Crippen LogP) is 2.00. The van der Waals surface area contributed by atoms with E-state index in [2.05, 4.69) is 6.92 Å². The predicted molar refractivity (Wildman–Crippen MR) is 84.6 cm³/mol. The molecule has 0 aliphatic rings. The summed E-state index contributed by atoms with van der Waals surface area (Å²) in [6.07, 6.45) is 19.9. The molecule has 5 heteroatoms. The minimum Gasteiger partial charge on any atom is -1.00 e. The molecule has 0 saturated carbocycles. The Balaban J connectivity index is -0.000000602. The van der Waals surface area contributed by atoms with E-state index < -0.39 is 5.97 Å². The van der Waals surface area contributed by atoms with Gasteiger partial charge in [-0.25, -0.2) is 0 Å². The SMILES string of the molecule is CCCCCCCCCCCCCCCCCC(=O)[O-].[Cl-].[Zn+2].[Zn+2]. The van der Waals surface area contributed by atoms with E-state index in [1.165, 1.54) is 83.5 Å². The van der Waals surface area contributed by atoms with Crippen LogP contribution in [0.15, 0.2) is 0 Å². The zero-order valence-corrected chi connectivity index (χ0v) is 22.1. The number of aliphatic carboxylic acids is 1. The number of halogens is 1. The summed E-state index contributed by atoms with van der Waals surface area (Å²) < 4.78 is 0. The van der Waals surface area contributed by atoms with Crippen LogP contribution in [-0.4, -0.2) is 5.97 Å². The fourth-order valence-electron chi connectivity index (χ4n) is 2.64. The second-order valence-corrected chi connectivity index (χ2v) is 6.07. The molecule has 0 aromatic heterocycles. The van der Waals surface area contributed by atoms with Crippen molar-refractivity contribution in [1.82, 2.24) is 0 Å².